The molecule has 24 heavy (non-hydrogen) atoms. The largest absolute Gasteiger partial charge is 0.497 e. The van der Waals surface area contributed by atoms with Gasteiger partial charge in [0, 0.05) is 12.7 Å². The molecule has 2 aromatic rings. The molecular weight excluding hydrogens is 310 g/mol. The zero-order valence-electron chi connectivity index (χ0n) is 13.3. The summed E-state index contributed by atoms with van der Waals surface area (Å²) in [6.45, 7) is 1.68. The van der Waals surface area contributed by atoms with Crippen LogP contribution in [-0.4, -0.2) is 29.5 Å². The fraction of sp³-hybridized carbons (Fsp3) is 0.235. The second-order valence-corrected chi connectivity index (χ2v) is 5.47. The number of aromatic nitrogens is 1. The number of fused-ring (bicyclic) bond motifs is 1. The van der Waals surface area contributed by atoms with E-state index in [0.717, 1.165) is 5.56 Å². The van der Waals surface area contributed by atoms with Crippen molar-refractivity contribution in [3.8, 4) is 11.5 Å². The molecule has 124 valence electrons. The average Bonchev–Trinajstić information content (AvgIpc) is 2.60. The summed E-state index contributed by atoms with van der Waals surface area (Å²) >= 11 is 0. The van der Waals surface area contributed by atoms with Crippen molar-refractivity contribution in [3.05, 3.63) is 48.2 Å². The summed E-state index contributed by atoms with van der Waals surface area (Å²) in [5, 5.41) is 5.31. The highest BCUT2D eigenvalue weighted by atomic mass is 16.5. The summed E-state index contributed by atoms with van der Waals surface area (Å²) in [4.78, 5) is 28.8. The fourth-order valence-corrected chi connectivity index (χ4v) is 2.34. The molecule has 0 bridgehead atoms. The minimum absolute atomic E-state index is 0.252. The Morgan fingerprint density at radius 2 is 2.21 bits per heavy atom. The number of benzene rings is 1. The summed E-state index contributed by atoms with van der Waals surface area (Å²) in [5.41, 5.74) is -0.806. The first kappa shape index (κ1) is 15.8. The van der Waals surface area contributed by atoms with Crippen LogP contribution >= 0.6 is 0 Å². The lowest BCUT2D eigenvalue weighted by Crippen LogP contribution is -2.58. The SMILES string of the molecule is COc1cccc(CNC(=O)C2(C)Oc3cccnc3NC2=O)c1. The molecule has 3 rings (SSSR count). The van der Waals surface area contributed by atoms with Crippen molar-refractivity contribution in [2.24, 2.45) is 0 Å². The molecule has 0 aliphatic carbocycles. The van der Waals surface area contributed by atoms with Gasteiger partial charge in [-0.2, -0.15) is 0 Å². The fourth-order valence-electron chi connectivity index (χ4n) is 2.34. The van der Waals surface area contributed by atoms with E-state index in [4.69, 9.17) is 9.47 Å². The van der Waals surface area contributed by atoms with E-state index in [0.29, 0.717) is 17.3 Å². The van der Waals surface area contributed by atoms with Gasteiger partial charge in [-0.3, -0.25) is 9.59 Å². The third kappa shape index (κ3) is 2.88. The Balaban J connectivity index is 1.73. The lowest BCUT2D eigenvalue weighted by molar-refractivity contribution is -0.146. The van der Waals surface area contributed by atoms with Crippen molar-refractivity contribution in [1.82, 2.24) is 10.3 Å². The van der Waals surface area contributed by atoms with Crippen LogP contribution in [0.1, 0.15) is 12.5 Å². The highest BCUT2D eigenvalue weighted by Gasteiger charge is 2.47. The lowest BCUT2D eigenvalue weighted by Gasteiger charge is -2.32. The molecule has 2 heterocycles. The van der Waals surface area contributed by atoms with E-state index in [9.17, 15) is 9.59 Å². The minimum atomic E-state index is -1.66. The Morgan fingerprint density at radius 1 is 1.38 bits per heavy atom. The maximum atomic E-state index is 12.5. The van der Waals surface area contributed by atoms with E-state index in [1.165, 1.54) is 13.1 Å². The topological polar surface area (TPSA) is 89.6 Å². The Kier molecular flexibility index (Phi) is 4.07. The van der Waals surface area contributed by atoms with Gasteiger partial charge in [0.05, 0.1) is 7.11 Å². The molecule has 0 saturated heterocycles. The zero-order valence-corrected chi connectivity index (χ0v) is 13.3. The van der Waals surface area contributed by atoms with Gasteiger partial charge in [0.2, 0.25) is 0 Å². The van der Waals surface area contributed by atoms with Crippen LogP contribution in [-0.2, 0) is 16.1 Å². The molecule has 1 unspecified atom stereocenters. The second-order valence-electron chi connectivity index (χ2n) is 5.47. The average molecular weight is 327 g/mol. The van der Waals surface area contributed by atoms with Gasteiger partial charge in [-0.25, -0.2) is 4.98 Å². The van der Waals surface area contributed by atoms with E-state index in [2.05, 4.69) is 15.6 Å². The second kappa shape index (κ2) is 6.19. The number of anilines is 1. The summed E-state index contributed by atoms with van der Waals surface area (Å²) in [6, 6.07) is 10.6. The zero-order chi connectivity index (χ0) is 17.2. The Bertz CT molecular complexity index is 793. The predicted molar refractivity (Wildman–Crippen MR) is 86.7 cm³/mol. The number of amides is 2. The lowest BCUT2D eigenvalue weighted by atomic mass is 10.0. The van der Waals surface area contributed by atoms with Gasteiger partial charge < -0.3 is 20.1 Å². The Labute approximate surface area is 139 Å². The first-order valence-electron chi connectivity index (χ1n) is 7.39. The summed E-state index contributed by atoms with van der Waals surface area (Å²) in [6.07, 6.45) is 1.54. The van der Waals surface area contributed by atoms with Crippen LogP contribution in [0.3, 0.4) is 0 Å². The molecule has 2 N–H and O–H groups in total. The van der Waals surface area contributed by atoms with Gasteiger partial charge in [-0.05, 0) is 36.8 Å². The normalized spacial score (nSPS) is 18.8. The van der Waals surface area contributed by atoms with E-state index in [-0.39, 0.29) is 6.54 Å². The van der Waals surface area contributed by atoms with Crippen LogP contribution in [0, 0.1) is 0 Å². The van der Waals surface area contributed by atoms with E-state index < -0.39 is 17.4 Å². The van der Waals surface area contributed by atoms with Gasteiger partial charge >= 0.3 is 0 Å². The molecule has 7 heteroatoms. The predicted octanol–water partition coefficient (Wildman–Crippen LogP) is 1.50. The highest BCUT2D eigenvalue weighted by molar-refractivity contribution is 6.15. The van der Waals surface area contributed by atoms with Gasteiger partial charge in [-0.1, -0.05) is 12.1 Å². The van der Waals surface area contributed by atoms with Crippen LogP contribution in [0.25, 0.3) is 0 Å². The molecule has 0 fully saturated rings. The molecule has 0 spiro atoms. The van der Waals surface area contributed by atoms with Gasteiger partial charge in [0.15, 0.2) is 11.6 Å². The van der Waals surface area contributed by atoms with Crippen LogP contribution in [0.2, 0.25) is 0 Å². The smallest absolute Gasteiger partial charge is 0.279 e. The van der Waals surface area contributed by atoms with Crippen molar-refractivity contribution in [1.29, 1.82) is 0 Å². The number of hydrogen-bond acceptors (Lipinski definition) is 5. The van der Waals surface area contributed by atoms with Gasteiger partial charge in [0.1, 0.15) is 5.75 Å². The van der Waals surface area contributed by atoms with Crippen molar-refractivity contribution < 1.29 is 19.1 Å². The van der Waals surface area contributed by atoms with E-state index >= 15 is 0 Å². The third-order valence-corrected chi connectivity index (χ3v) is 3.77. The molecule has 0 radical (unpaired) electrons. The minimum Gasteiger partial charge on any atom is -0.497 e. The van der Waals surface area contributed by atoms with Crippen molar-refractivity contribution in [3.63, 3.8) is 0 Å². The highest BCUT2D eigenvalue weighted by Crippen LogP contribution is 2.31. The number of nitrogens with zero attached hydrogens (tertiary/aromatic N) is 1. The molecule has 0 saturated carbocycles. The number of carbonyl (C=O) groups is 2. The summed E-state index contributed by atoms with van der Waals surface area (Å²) in [7, 11) is 1.57. The molecule has 1 aliphatic heterocycles. The first-order valence-corrected chi connectivity index (χ1v) is 7.39. The Morgan fingerprint density at radius 3 is 3.00 bits per heavy atom. The summed E-state index contributed by atoms with van der Waals surface area (Å²) in [5.74, 6) is 0.269. The molecule has 1 aromatic carbocycles. The van der Waals surface area contributed by atoms with Crippen molar-refractivity contribution in [2.45, 2.75) is 19.1 Å². The van der Waals surface area contributed by atoms with Crippen LogP contribution < -0.4 is 20.1 Å². The molecule has 1 aromatic heterocycles. The number of carbonyl (C=O) groups excluding carboxylic acids is 2. The van der Waals surface area contributed by atoms with E-state index in [1.807, 2.05) is 24.3 Å². The van der Waals surface area contributed by atoms with Crippen LogP contribution in [0.15, 0.2) is 42.6 Å². The van der Waals surface area contributed by atoms with E-state index in [1.54, 1.807) is 19.2 Å². The number of hydrogen-bond donors (Lipinski definition) is 2. The number of methoxy groups -OCH3 is 1. The molecular formula is C17H17N3O4. The van der Waals surface area contributed by atoms with Crippen molar-refractivity contribution >= 4 is 17.6 Å². The molecule has 1 aliphatic rings. The third-order valence-electron chi connectivity index (χ3n) is 3.77. The molecule has 1 atom stereocenters. The molecule has 7 nitrogen and oxygen atoms in total. The number of pyridine rings is 1. The maximum absolute atomic E-state index is 12.5. The first-order chi connectivity index (χ1) is 11.5. The molecule has 2 amide bonds. The van der Waals surface area contributed by atoms with Gasteiger partial charge in [0.25, 0.3) is 17.4 Å². The number of ether oxygens (including phenoxy) is 2. The Hall–Kier alpha value is -3.09. The number of rotatable bonds is 4. The van der Waals surface area contributed by atoms with Crippen LogP contribution in [0.4, 0.5) is 5.82 Å². The quantitative estimate of drug-likeness (QED) is 0.831. The summed E-state index contributed by atoms with van der Waals surface area (Å²) < 4.78 is 10.8. The maximum Gasteiger partial charge on any atom is 0.279 e. The van der Waals surface area contributed by atoms with Crippen molar-refractivity contribution in [2.75, 3.05) is 12.4 Å². The standard InChI is InChI=1S/C17H17N3O4/c1-17(16(22)20-14-13(24-17)7-4-8-18-14)15(21)19-10-11-5-3-6-12(9-11)23-2/h3-9H,10H2,1-2H3,(H,19,21)(H,18,20,22). The monoisotopic (exact) mass is 327 g/mol. The number of nitrogens with one attached hydrogen (secondary N) is 2. The van der Waals surface area contributed by atoms with Crippen LogP contribution in [0.5, 0.6) is 11.5 Å². The van der Waals surface area contributed by atoms with Gasteiger partial charge in [-0.15, -0.1) is 0 Å².